The van der Waals surface area contributed by atoms with Crippen LogP contribution in [0, 0.1) is 0 Å². The standard InChI is InChI=1S/C17H28F3N5OS/c1-4-21-15(24-12-5-6-13(11-12)27-3)23-8-7-16(26,17(18,19)20)14-22-9-10-25(14)2/h9-10,12-13,26H,4-8,11H2,1-3H3,(H2,21,23,24). The van der Waals surface area contributed by atoms with Crippen LogP contribution < -0.4 is 10.6 Å². The second-order valence-corrected chi connectivity index (χ2v) is 7.88. The maximum atomic E-state index is 13.5. The summed E-state index contributed by atoms with van der Waals surface area (Å²) < 4.78 is 41.8. The Labute approximate surface area is 162 Å². The van der Waals surface area contributed by atoms with Crippen LogP contribution >= 0.6 is 11.8 Å². The molecule has 3 N–H and O–H groups in total. The number of nitrogens with zero attached hydrogens (tertiary/aromatic N) is 3. The number of alkyl halides is 3. The van der Waals surface area contributed by atoms with Crippen molar-refractivity contribution in [3.8, 4) is 0 Å². The van der Waals surface area contributed by atoms with E-state index < -0.39 is 24.0 Å². The molecule has 1 saturated carbocycles. The summed E-state index contributed by atoms with van der Waals surface area (Å²) in [5.41, 5.74) is -3.04. The Balaban J connectivity index is 2.06. The molecule has 3 unspecified atom stereocenters. The van der Waals surface area contributed by atoms with Gasteiger partial charge in [-0.15, -0.1) is 0 Å². The zero-order valence-electron chi connectivity index (χ0n) is 15.9. The van der Waals surface area contributed by atoms with Crippen LogP contribution in [0.1, 0.15) is 38.4 Å². The van der Waals surface area contributed by atoms with E-state index in [2.05, 4.69) is 26.9 Å². The van der Waals surface area contributed by atoms with E-state index >= 15 is 0 Å². The molecule has 0 aromatic carbocycles. The highest BCUT2D eigenvalue weighted by Crippen LogP contribution is 2.40. The summed E-state index contributed by atoms with van der Waals surface area (Å²) in [6.45, 7) is 2.32. The van der Waals surface area contributed by atoms with Gasteiger partial charge in [-0.2, -0.15) is 24.9 Å². The minimum Gasteiger partial charge on any atom is -0.374 e. The molecule has 27 heavy (non-hydrogen) atoms. The van der Waals surface area contributed by atoms with Gasteiger partial charge in [-0.1, -0.05) is 0 Å². The Morgan fingerprint density at radius 2 is 2.19 bits per heavy atom. The van der Waals surface area contributed by atoms with E-state index in [9.17, 15) is 18.3 Å². The van der Waals surface area contributed by atoms with E-state index in [1.54, 1.807) is 0 Å². The van der Waals surface area contributed by atoms with Gasteiger partial charge in [0.2, 0.25) is 5.60 Å². The van der Waals surface area contributed by atoms with Gasteiger partial charge in [-0.3, -0.25) is 4.99 Å². The predicted octanol–water partition coefficient (Wildman–Crippen LogP) is 2.40. The van der Waals surface area contributed by atoms with Crippen LogP contribution in [0.2, 0.25) is 0 Å². The van der Waals surface area contributed by atoms with E-state index in [-0.39, 0.29) is 12.6 Å². The third kappa shape index (κ3) is 5.31. The highest BCUT2D eigenvalue weighted by atomic mass is 32.2. The third-order valence-corrected chi connectivity index (χ3v) is 5.90. The smallest absolute Gasteiger partial charge is 0.374 e. The molecule has 6 nitrogen and oxygen atoms in total. The van der Waals surface area contributed by atoms with Crippen LogP contribution in [-0.2, 0) is 12.6 Å². The molecule has 0 radical (unpaired) electrons. The van der Waals surface area contributed by atoms with Gasteiger partial charge in [-0.05, 0) is 32.4 Å². The van der Waals surface area contributed by atoms with Gasteiger partial charge in [0, 0.05) is 50.2 Å². The Kier molecular flexibility index (Phi) is 7.44. The van der Waals surface area contributed by atoms with E-state index in [1.807, 2.05) is 18.7 Å². The molecule has 1 fully saturated rings. The van der Waals surface area contributed by atoms with E-state index in [1.165, 1.54) is 24.0 Å². The lowest BCUT2D eigenvalue weighted by atomic mass is 9.98. The Morgan fingerprint density at radius 1 is 1.44 bits per heavy atom. The monoisotopic (exact) mass is 407 g/mol. The molecule has 1 heterocycles. The van der Waals surface area contributed by atoms with Crippen molar-refractivity contribution in [2.75, 3.05) is 19.3 Å². The van der Waals surface area contributed by atoms with Crippen LogP contribution in [0.3, 0.4) is 0 Å². The van der Waals surface area contributed by atoms with Crippen LogP contribution in [0.5, 0.6) is 0 Å². The molecule has 0 spiro atoms. The number of aliphatic hydroxyl groups is 1. The number of nitrogens with one attached hydrogen (secondary N) is 2. The first-order chi connectivity index (χ1) is 12.7. The summed E-state index contributed by atoms with van der Waals surface area (Å²) in [5.74, 6) is 0.0513. The van der Waals surface area contributed by atoms with E-state index in [4.69, 9.17) is 0 Å². The number of guanidine groups is 1. The minimum absolute atomic E-state index is 0.184. The number of thioether (sulfide) groups is 1. The molecule has 0 bridgehead atoms. The zero-order chi connectivity index (χ0) is 20.1. The van der Waals surface area contributed by atoms with Crippen molar-refractivity contribution < 1.29 is 18.3 Å². The summed E-state index contributed by atoms with van der Waals surface area (Å²) in [5, 5.41) is 17.3. The lowest BCUT2D eigenvalue weighted by molar-refractivity contribution is -0.272. The molecule has 2 rings (SSSR count). The molecule has 0 saturated heterocycles. The summed E-state index contributed by atoms with van der Waals surface area (Å²) in [6, 6.07) is 0.260. The van der Waals surface area contributed by atoms with Gasteiger partial charge < -0.3 is 20.3 Å². The molecule has 1 aliphatic carbocycles. The van der Waals surface area contributed by atoms with Crippen LogP contribution in [0.15, 0.2) is 17.4 Å². The van der Waals surface area contributed by atoms with Gasteiger partial charge in [0.1, 0.15) is 5.82 Å². The van der Waals surface area contributed by atoms with Crippen molar-refractivity contribution in [3.05, 3.63) is 18.2 Å². The van der Waals surface area contributed by atoms with Gasteiger partial charge in [0.05, 0.1) is 0 Å². The van der Waals surface area contributed by atoms with Crippen molar-refractivity contribution in [2.24, 2.45) is 12.0 Å². The quantitative estimate of drug-likeness (QED) is 0.478. The van der Waals surface area contributed by atoms with Crippen LogP contribution in [-0.4, -0.2) is 57.4 Å². The number of aromatic nitrogens is 2. The number of hydrogen-bond donors (Lipinski definition) is 3. The molecule has 10 heteroatoms. The fraction of sp³-hybridized carbons (Fsp3) is 0.765. The molecule has 3 atom stereocenters. The molecule has 1 aromatic rings. The number of hydrogen-bond acceptors (Lipinski definition) is 4. The highest BCUT2D eigenvalue weighted by molar-refractivity contribution is 7.99. The predicted molar refractivity (Wildman–Crippen MR) is 102 cm³/mol. The van der Waals surface area contributed by atoms with E-state index in [0.29, 0.717) is 17.8 Å². The first-order valence-electron chi connectivity index (χ1n) is 9.05. The largest absolute Gasteiger partial charge is 0.424 e. The molecule has 154 valence electrons. The minimum atomic E-state index is -4.84. The molecule has 0 amide bonds. The first kappa shape index (κ1) is 21.9. The van der Waals surface area contributed by atoms with Crippen LogP contribution in [0.4, 0.5) is 13.2 Å². The fourth-order valence-electron chi connectivity index (χ4n) is 3.27. The van der Waals surface area contributed by atoms with Gasteiger partial charge >= 0.3 is 6.18 Å². The normalized spacial score (nSPS) is 23.3. The lowest BCUT2D eigenvalue weighted by Crippen LogP contribution is -2.46. The van der Waals surface area contributed by atoms with E-state index in [0.717, 1.165) is 19.3 Å². The third-order valence-electron chi connectivity index (χ3n) is 4.81. The van der Waals surface area contributed by atoms with Crippen LogP contribution in [0.25, 0.3) is 0 Å². The van der Waals surface area contributed by atoms with Gasteiger partial charge in [0.15, 0.2) is 5.96 Å². The average molecular weight is 408 g/mol. The molecule has 1 aromatic heterocycles. The van der Waals surface area contributed by atoms with Crippen molar-refractivity contribution in [2.45, 2.75) is 55.7 Å². The first-order valence-corrected chi connectivity index (χ1v) is 10.3. The topological polar surface area (TPSA) is 74.5 Å². The molecular formula is C17H28F3N5OS. The van der Waals surface area contributed by atoms with Crippen molar-refractivity contribution in [1.82, 2.24) is 20.2 Å². The Hall–Kier alpha value is -1.42. The number of aliphatic imine (C=N–C) groups is 1. The SMILES string of the molecule is CCNC(=NCCC(O)(c1nccn1C)C(F)(F)F)NC1CCC(SC)C1. The highest BCUT2D eigenvalue weighted by Gasteiger charge is 2.57. The number of halogens is 3. The second-order valence-electron chi connectivity index (χ2n) is 6.74. The average Bonchev–Trinajstić information content (AvgIpc) is 3.22. The van der Waals surface area contributed by atoms with Crippen molar-refractivity contribution >= 4 is 17.7 Å². The summed E-state index contributed by atoms with van der Waals surface area (Å²) >= 11 is 1.83. The maximum absolute atomic E-state index is 13.5. The van der Waals surface area contributed by atoms with Crippen molar-refractivity contribution in [1.29, 1.82) is 0 Å². The fourth-order valence-corrected chi connectivity index (χ4v) is 4.07. The summed E-state index contributed by atoms with van der Waals surface area (Å²) in [6.07, 6.45) is 2.39. The molecule has 1 aliphatic rings. The van der Waals surface area contributed by atoms with Gasteiger partial charge in [0.25, 0.3) is 0 Å². The lowest BCUT2D eigenvalue weighted by Gasteiger charge is -2.29. The second kappa shape index (κ2) is 9.18. The number of aryl methyl sites for hydroxylation is 1. The molecular weight excluding hydrogens is 379 g/mol. The summed E-state index contributed by atoms with van der Waals surface area (Å²) in [7, 11) is 1.43. The van der Waals surface area contributed by atoms with Crippen molar-refractivity contribution in [3.63, 3.8) is 0 Å². The number of imidazole rings is 1. The maximum Gasteiger partial charge on any atom is 0.424 e. The Bertz CT molecular complexity index is 636. The van der Waals surface area contributed by atoms with Gasteiger partial charge in [-0.25, -0.2) is 4.98 Å². The number of rotatable bonds is 7. The molecule has 0 aliphatic heterocycles. The Morgan fingerprint density at radius 3 is 2.70 bits per heavy atom. The summed E-state index contributed by atoms with van der Waals surface area (Å²) in [4.78, 5) is 7.96. The zero-order valence-corrected chi connectivity index (χ0v) is 16.7.